The zero-order valence-corrected chi connectivity index (χ0v) is 14.2. The van der Waals surface area contributed by atoms with E-state index >= 15 is 0 Å². The van der Waals surface area contributed by atoms with Crippen LogP contribution in [0.25, 0.3) is 0 Å². The number of hydrogen-bond acceptors (Lipinski definition) is 4. The van der Waals surface area contributed by atoms with Gasteiger partial charge >= 0.3 is 5.97 Å². The molecule has 0 bridgehead atoms. The second-order valence-electron chi connectivity index (χ2n) is 5.56. The number of esters is 1. The van der Waals surface area contributed by atoms with E-state index in [1.165, 1.54) is 30.2 Å². The molecule has 0 saturated heterocycles. The summed E-state index contributed by atoms with van der Waals surface area (Å²) in [5.41, 5.74) is 1.40. The van der Waals surface area contributed by atoms with E-state index in [4.69, 9.17) is 0 Å². The molecule has 0 aromatic heterocycles. The van der Waals surface area contributed by atoms with Gasteiger partial charge in [-0.25, -0.2) is 4.39 Å². The lowest BCUT2D eigenvalue weighted by atomic mass is 10.2. The Balaban J connectivity index is 2.12. The van der Waals surface area contributed by atoms with E-state index in [1.54, 1.807) is 13.0 Å². The Morgan fingerprint density at radius 2 is 1.88 bits per heavy atom. The van der Waals surface area contributed by atoms with Crippen LogP contribution in [0.2, 0.25) is 0 Å². The summed E-state index contributed by atoms with van der Waals surface area (Å²) in [6, 6.07) is 14.6. The van der Waals surface area contributed by atoms with Crippen LogP contribution in [0.3, 0.4) is 0 Å². The number of halogens is 1. The van der Waals surface area contributed by atoms with Gasteiger partial charge in [0.1, 0.15) is 18.4 Å². The molecule has 5 nitrogen and oxygen atoms in total. The van der Waals surface area contributed by atoms with Crippen molar-refractivity contribution in [3.05, 3.63) is 66.0 Å². The quantitative estimate of drug-likeness (QED) is 0.784. The van der Waals surface area contributed by atoms with Crippen molar-refractivity contribution in [2.24, 2.45) is 0 Å². The average Bonchev–Trinajstić information content (AvgIpc) is 2.64. The van der Waals surface area contributed by atoms with Crippen LogP contribution in [-0.4, -0.2) is 31.6 Å². The Morgan fingerprint density at radius 1 is 1.16 bits per heavy atom. The van der Waals surface area contributed by atoms with Crippen molar-refractivity contribution in [3.8, 4) is 0 Å². The van der Waals surface area contributed by atoms with Crippen LogP contribution < -0.4 is 10.2 Å². The van der Waals surface area contributed by atoms with Crippen LogP contribution in [-0.2, 0) is 20.9 Å². The molecule has 6 heteroatoms. The van der Waals surface area contributed by atoms with E-state index in [9.17, 15) is 14.0 Å². The third-order valence-corrected chi connectivity index (χ3v) is 3.82. The van der Waals surface area contributed by atoms with Crippen LogP contribution in [0.1, 0.15) is 12.5 Å². The van der Waals surface area contributed by atoms with Crippen molar-refractivity contribution >= 4 is 17.6 Å². The Morgan fingerprint density at radius 3 is 2.52 bits per heavy atom. The van der Waals surface area contributed by atoms with E-state index < -0.39 is 17.8 Å². The Kier molecular flexibility index (Phi) is 6.51. The molecule has 1 N–H and O–H groups in total. The van der Waals surface area contributed by atoms with Gasteiger partial charge in [-0.2, -0.15) is 0 Å². The minimum absolute atomic E-state index is 0.153. The molecule has 0 fully saturated rings. The van der Waals surface area contributed by atoms with E-state index in [0.29, 0.717) is 12.2 Å². The smallest absolute Gasteiger partial charge is 0.325 e. The standard InChI is InChI=1S/C19H21FN2O3/c1-14(19(24)21-12-15-7-4-3-5-8-15)22(13-18(23)25-2)17-10-6-9-16(20)11-17/h3-11,14H,12-13H2,1-2H3,(H,21,24)/t14-/m1/s1. The third-order valence-electron chi connectivity index (χ3n) is 3.82. The van der Waals surface area contributed by atoms with Gasteiger partial charge in [-0.1, -0.05) is 36.4 Å². The maximum atomic E-state index is 13.5. The van der Waals surface area contributed by atoms with Crippen LogP contribution in [0, 0.1) is 5.82 Å². The lowest BCUT2D eigenvalue weighted by Crippen LogP contribution is -2.47. The van der Waals surface area contributed by atoms with Gasteiger partial charge in [0, 0.05) is 12.2 Å². The molecule has 2 rings (SSSR count). The molecule has 0 heterocycles. The number of amides is 1. The highest BCUT2D eigenvalue weighted by molar-refractivity contribution is 5.87. The molecular weight excluding hydrogens is 323 g/mol. The number of hydrogen-bond donors (Lipinski definition) is 1. The average molecular weight is 344 g/mol. The molecule has 0 radical (unpaired) electrons. The molecule has 2 aromatic carbocycles. The lowest BCUT2D eigenvalue weighted by Gasteiger charge is -2.29. The first-order chi connectivity index (χ1) is 12.0. The van der Waals surface area contributed by atoms with Crippen LogP contribution in [0.4, 0.5) is 10.1 Å². The van der Waals surface area contributed by atoms with Crippen molar-refractivity contribution in [3.63, 3.8) is 0 Å². The monoisotopic (exact) mass is 344 g/mol. The van der Waals surface area contributed by atoms with E-state index in [-0.39, 0.29) is 12.5 Å². The maximum Gasteiger partial charge on any atom is 0.325 e. The predicted octanol–water partition coefficient (Wildman–Crippen LogP) is 2.51. The van der Waals surface area contributed by atoms with E-state index in [2.05, 4.69) is 10.1 Å². The fourth-order valence-corrected chi connectivity index (χ4v) is 2.38. The number of rotatable bonds is 7. The number of methoxy groups -OCH3 is 1. The number of nitrogens with zero attached hydrogens (tertiary/aromatic N) is 1. The van der Waals surface area contributed by atoms with E-state index in [0.717, 1.165) is 5.56 Å². The Hall–Kier alpha value is -2.89. The zero-order valence-electron chi connectivity index (χ0n) is 14.2. The van der Waals surface area contributed by atoms with Crippen molar-refractivity contribution < 1.29 is 18.7 Å². The summed E-state index contributed by atoms with van der Waals surface area (Å²) in [4.78, 5) is 25.7. The number of carbonyl (C=O) groups excluding carboxylic acids is 2. The van der Waals surface area contributed by atoms with Crippen molar-refractivity contribution in [1.82, 2.24) is 5.32 Å². The molecule has 0 aliphatic carbocycles. The molecule has 0 spiro atoms. The van der Waals surface area contributed by atoms with Crippen LogP contribution >= 0.6 is 0 Å². The molecule has 0 saturated carbocycles. The molecule has 0 unspecified atom stereocenters. The summed E-state index contributed by atoms with van der Waals surface area (Å²) in [5, 5.41) is 2.83. The van der Waals surface area contributed by atoms with Gasteiger partial charge in [-0.05, 0) is 30.7 Å². The van der Waals surface area contributed by atoms with Gasteiger partial charge in [0.05, 0.1) is 7.11 Å². The summed E-state index contributed by atoms with van der Waals surface area (Å²) in [7, 11) is 1.27. The van der Waals surface area contributed by atoms with Crippen molar-refractivity contribution in [1.29, 1.82) is 0 Å². The molecule has 2 aromatic rings. The summed E-state index contributed by atoms with van der Waals surface area (Å²) >= 11 is 0. The fraction of sp³-hybridized carbons (Fsp3) is 0.263. The second-order valence-corrected chi connectivity index (χ2v) is 5.56. The maximum absolute atomic E-state index is 13.5. The largest absolute Gasteiger partial charge is 0.468 e. The Labute approximate surface area is 146 Å². The molecule has 25 heavy (non-hydrogen) atoms. The minimum atomic E-state index is -0.676. The topological polar surface area (TPSA) is 58.6 Å². The van der Waals surface area contributed by atoms with Gasteiger partial charge in [-0.3, -0.25) is 9.59 Å². The molecule has 1 amide bonds. The highest BCUT2D eigenvalue weighted by Gasteiger charge is 2.24. The van der Waals surface area contributed by atoms with Crippen LogP contribution in [0.15, 0.2) is 54.6 Å². The lowest BCUT2D eigenvalue weighted by molar-refractivity contribution is -0.139. The van der Waals surface area contributed by atoms with Crippen molar-refractivity contribution in [2.45, 2.75) is 19.5 Å². The zero-order chi connectivity index (χ0) is 18.2. The predicted molar refractivity (Wildman–Crippen MR) is 93.5 cm³/mol. The number of benzene rings is 2. The fourth-order valence-electron chi connectivity index (χ4n) is 2.38. The van der Waals surface area contributed by atoms with Crippen molar-refractivity contribution in [2.75, 3.05) is 18.6 Å². The van der Waals surface area contributed by atoms with E-state index in [1.807, 2.05) is 30.3 Å². The molecule has 132 valence electrons. The highest BCUT2D eigenvalue weighted by Crippen LogP contribution is 2.18. The normalized spacial score (nSPS) is 11.5. The number of nitrogens with one attached hydrogen (secondary N) is 1. The highest BCUT2D eigenvalue weighted by atomic mass is 19.1. The van der Waals surface area contributed by atoms with Gasteiger partial charge in [0.25, 0.3) is 0 Å². The first kappa shape index (κ1) is 18.4. The molecule has 1 atom stereocenters. The minimum Gasteiger partial charge on any atom is -0.468 e. The summed E-state index contributed by atoms with van der Waals surface area (Å²) in [5.74, 6) is -1.21. The first-order valence-electron chi connectivity index (χ1n) is 7.92. The first-order valence-corrected chi connectivity index (χ1v) is 7.92. The summed E-state index contributed by atoms with van der Waals surface area (Å²) in [6.45, 7) is 1.88. The number of ether oxygens (including phenoxy) is 1. The van der Waals surface area contributed by atoms with Crippen LogP contribution in [0.5, 0.6) is 0 Å². The third kappa shape index (κ3) is 5.31. The summed E-state index contributed by atoms with van der Waals surface area (Å²) < 4.78 is 18.2. The second kappa shape index (κ2) is 8.82. The molecule has 0 aliphatic heterocycles. The SMILES string of the molecule is COC(=O)CN(c1cccc(F)c1)[C@H](C)C(=O)NCc1ccccc1. The number of anilines is 1. The van der Waals surface area contributed by atoms with Gasteiger partial charge in [0.2, 0.25) is 5.91 Å². The van der Waals surface area contributed by atoms with Gasteiger partial charge in [-0.15, -0.1) is 0 Å². The molecular formula is C19H21FN2O3. The van der Waals surface area contributed by atoms with Gasteiger partial charge in [0.15, 0.2) is 0 Å². The van der Waals surface area contributed by atoms with Gasteiger partial charge < -0.3 is 15.0 Å². The summed E-state index contributed by atoms with van der Waals surface area (Å²) in [6.07, 6.45) is 0. The number of carbonyl (C=O) groups is 2. The Bertz CT molecular complexity index is 722. The molecule has 0 aliphatic rings.